The SMILES string of the molecule is C=C.CC.CCC.CCCCC.CCNCCCCNCc1cc(-c2cc3ccccc3s2)ccc1OCC. The number of ether oxygens (including phenoxy) is 1. The number of hydrogen-bond donors (Lipinski definition) is 2. The molecule has 2 N–H and O–H groups in total. The molecule has 0 spiro atoms. The molecule has 0 bridgehead atoms. The highest BCUT2D eigenvalue weighted by Crippen LogP contribution is 2.35. The summed E-state index contributed by atoms with van der Waals surface area (Å²) in [5, 5.41) is 8.26. The number of unbranched alkanes of at least 4 members (excludes halogenated alkanes) is 3. The first kappa shape index (κ1) is 39.0. The molecule has 0 amide bonds. The quantitative estimate of drug-likeness (QED) is 0.162. The Bertz CT molecular complexity index is 887. The number of rotatable bonds is 13. The van der Waals surface area contributed by atoms with E-state index in [9.17, 15) is 0 Å². The summed E-state index contributed by atoms with van der Waals surface area (Å²) in [5.41, 5.74) is 2.50. The van der Waals surface area contributed by atoms with Crippen molar-refractivity contribution in [2.45, 2.75) is 100 Å². The van der Waals surface area contributed by atoms with Gasteiger partial charge in [-0.3, -0.25) is 0 Å². The maximum absolute atomic E-state index is 5.85. The highest BCUT2D eigenvalue weighted by Gasteiger charge is 2.09. The first-order valence-corrected chi connectivity index (χ1v) is 16.1. The lowest BCUT2D eigenvalue weighted by atomic mass is 10.1. The predicted octanol–water partition coefficient (Wildman–Crippen LogP) is 10.9. The van der Waals surface area contributed by atoms with E-state index in [1.54, 1.807) is 0 Å². The van der Waals surface area contributed by atoms with Crippen LogP contribution in [0.5, 0.6) is 5.75 Å². The molecule has 1 heterocycles. The fourth-order valence-corrected chi connectivity index (χ4v) is 4.60. The largest absolute Gasteiger partial charge is 0.494 e. The van der Waals surface area contributed by atoms with Crippen LogP contribution in [0, 0.1) is 0 Å². The van der Waals surface area contributed by atoms with Crippen LogP contribution in [0.25, 0.3) is 20.5 Å². The van der Waals surface area contributed by atoms with E-state index in [0.29, 0.717) is 6.61 Å². The van der Waals surface area contributed by atoms with Crippen LogP contribution in [0.2, 0.25) is 0 Å². The monoisotopic (exact) mass is 556 g/mol. The first-order chi connectivity index (χ1) is 19.1. The minimum atomic E-state index is 0.692. The van der Waals surface area contributed by atoms with Crippen LogP contribution in [-0.4, -0.2) is 26.2 Å². The average molecular weight is 557 g/mol. The van der Waals surface area contributed by atoms with Gasteiger partial charge in [0.15, 0.2) is 0 Å². The first-order valence-electron chi connectivity index (χ1n) is 15.3. The lowest BCUT2D eigenvalue weighted by Crippen LogP contribution is -2.18. The molecule has 0 atom stereocenters. The fraction of sp³-hybridized carbons (Fsp3) is 0.543. The summed E-state index contributed by atoms with van der Waals surface area (Å²) in [6.45, 7) is 27.6. The fourth-order valence-electron chi connectivity index (χ4n) is 3.54. The van der Waals surface area contributed by atoms with Crippen molar-refractivity contribution < 1.29 is 4.74 Å². The van der Waals surface area contributed by atoms with Gasteiger partial charge in [-0.2, -0.15) is 0 Å². The number of nitrogens with one attached hydrogen (secondary N) is 2. The molecule has 0 saturated carbocycles. The minimum absolute atomic E-state index is 0.692. The van der Waals surface area contributed by atoms with Gasteiger partial charge in [-0.1, -0.05) is 92.3 Å². The number of thiophene rings is 1. The standard InChI is InChI=1S/C23H30N2OS.C5H12.C3H8.C2H6.C2H4/c1-3-24-13-7-8-14-25-17-20-15-19(11-12-21(20)26-4-2)23-16-18-9-5-6-10-22(18)27-23;1-3-5-4-2;1-3-2;2*1-2/h5-6,9-12,15-16,24-25H,3-4,7-8,13-14,17H2,1-2H3;3-5H2,1-2H3;3H2,1-2H3;1-2H3;1-2H2. The molecule has 222 valence electrons. The molecule has 0 fully saturated rings. The van der Waals surface area contributed by atoms with Gasteiger partial charge in [-0.25, -0.2) is 0 Å². The topological polar surface area (TPSA) is 33.3 Å². The lowest BCUT2D eigenvalue weighted by molar-refractivity contribution is 0.335. The van der Waals surface area contributed by atoms with Gasteiger partial charge in [-0.15, -0.1) is 24.5 Å². The molecule has 0 aliphatic heterocycles. The third-order valence-electron chi connectivity index (χ3n) is 5.30. The molecule has 0 unspecified atom stereocenters. The highest BCUT2D eigenvalue weighted by molar-refractivity contribution is 7.22. The van der Waals surface area contributed by atoms with Crippen LogP contribution in [0.4, 0.5) is 0 Å². The zero-order chi connectivity index (χ0) is 29.7. The molecule has 0 aliphatic rings. The van der Waals surface area contributed by atoms with Gasteiger partial charge in [0.25, 0.3) is 0 Å². The van der Waals surface area contributed by atoms with Crippen LogP contribution in [0.3, 0.4) is 0 Å². The Morgan fingerprint density at radius 3 is 1.92 bits per heavy atom. The van der Waals surface area contributed by atoms with Gasteiger partial charge in [0.1, 0.15) is 5.75 Å². The van der Waals surface area contributed by atoms with Crippen LogP contribution in [0.1, 0.15) is 99.5 Å². The third-order valence-corrected chi connectivity index (χ3v) is 6.47. The van der Waals surface area contributed by atoms with Crippen molar-refractivity contribution in [3.8, 4) is 16.2 Å². The Labute approximate surface area is 246 Å². The molecule has 3 aromatic rings. The molecule has 3 nitrogen and oxygen atoms in total. The van der Waals surface area contributed by atoms with Crippen molar-refractivity contribution in [1.29, 1.82) is 0 Å². The van der Waals surface area contributed by atoms with Crippen LogP contribution < -0.4 is 15.4 Å². The lowest BCUT2D eigenvalue weighted by Gasteiger charge is -2.13. The van der Waals surface area contributed by atoms with E-state index in [1.807, 2.05) is 32.1 Å². The van der Waals surface area contributed by atoms with Crippen LogP contribution in [0.15, 0.2) is 61.7 Å². The normalized spacial score (nSPS) is 9.54. The molecule has 0 saturated heterocycles. The van der Waals surface area contributed by atoms with E-state index in [1.165, 1.54) is 64.6 Å². The molecular formula is C35H60N2OS. The summed E-state index contributed by atoms with van der Waals surface area (Å²) in [7, 11) is 0. The van der Waals surface area contributed by atoms with Crippen molar-refractivity contribution >= 4 is 21.4 Å². The van der Waals surface area contributed by atoms with E-state index >= 15 is 0 Å². The second kappa shape index (κ2) is 28.9. The van der Waals surface area contributed by atoms with Crippen molar-refractivity contribution in [2.75, 3.05) is 26.2 Å². The smallest absolute Gasteiger partial charge is 0.123 e. The highest BCUT2D eigenvalue weighted by atomic mass is 32.1. The Kier molecular flexibility index (Phi) is 28.9. The van der Waals surface area contributed by atoms with E-state index in [2.05, 4.69) is 107 Å². The Morgan fingerprint density at radius 2 is 1.38 bits per heavy atom. The molecule has 4 heteroatoms. The molecular weight excluding hydrogens is 496 g/mol. The van der Waals surface area contributed by atoms with Crippen LogP contribution >= 0.6 is 11.3 Å². The summed E-state index contributed by atoms with van der Waals surface area (Å²) in [4.78, 5) is 1.31. The zero-order valence-electron chi connectivity index (χ0n) is 26.6. The number of benzene rings is 2. The second-order valence-corrected chi connectivity index (χ2v) is 9.79. The summed E-state index contributed by atoms with van der Waals surface area (Å²) in [6.07, 6.45) is 7.72. The summed E-state index contributed by atoms with van der Waals surface area (Å²) in [5.74, 6) is 0.988. The van der Waals surface area contributed by atoms with E-state index in [4.69, 9.17) is 4.74 Å². The van der Waals surface area contributed by atoms with E-state index < -0.39 is 0 Å². The molecule has 3 rings (SSSR count). The maximum Gasteiger partial charge on any atom is 0.123 e. The van der Waals surface area contributed by atoms with Gasteiger partial charge >= 0.3 is 0 Å². The number of fused-ring (bicyclic) bond motifs is 1. The van der Waals surface area contributed by atoms with E-state index in [-0.39, 0.29) is 0 Å². The Hall–Kier alpha value is -2.14. The molecule has 39 heavy (non-hydrogen) atoms. The van der Waals surface area contributed by atoms with Crippen molar-refractivity contribution in [2.24, 2.45) is 0 Å². The predicted molar refractivity (Wildman–Crippen MR) is 182 cm³/mol. The maximum atomic E-state index is 5.85. The van der Waals surface area contributed by atoms with Crippen molar-refractivity contribution in [3.63, 3.8) is 0 Å². The molecule has 2 aromatic carbocycles. The Morgan fingerprint density at radius 1 is 0.769 bits per heavy atom. The van der Waals surface area contributed by atoms with Gasteiger partial charge < -0.3 is 15.4 Å². The van der Waals surface area contributed by atoms with Gasteiger partial charge in [-0.05, 0) is 80.7 Å². The second-order valence-electron chi connectivity index (χ2n) is 8.70. The van der Waals surface area contributed by atoms with Gasteiger partial charge in [0.05, 0.1) is 6.61 Å². The molecule has 0 radical (unpaired) electrons. The van der Waals surface area contributed by atoms with Crippen molar-refractivity contribution in [3.05, 3.63) is 67.3 Å². The molecule has 1 aromatic heterocycles. The zero-order valence-corrected chi connectivity index (χ0v) is 27.4. The number of hydrogen-bond acceptors (Lipinski definition) is 4. The average Bonchev–Trinajstić information content (AvgIpc) is 3.41. The van der Waals surface area contributed by atoms with Gasteiger partial charge in [0, 0.05) is 21.7 Å². The summed E-state index contributed by atoms with van der Waals surface area (Å²) in [6, 6.07) is 17.4. The van der Waals surface area contributed by atoms with Gasteiger partial charge in [0.2, 0.25) is 0 Å². The third kappa shape index (κ3) is 17.9. The minimum Gasteiger partial charge on any atom is -0.494 e. The summed E-state index contributed by atoms with van der Waals surface area (Å²) < 4.78 is 7.19. The molecule has 0 aliphatic carbocycles. The Balaban J connectivity index is 0. The summed E-state index contributed by atoms with van der Waals surface area (Å²) >= 11 is 1.85. The van der Waals surface area contributed by atoms with Crippen molar-refractivity contribution in [1.82, 2.24) is 10.6 Å². The van der Waals surface area contributed by atoms with E-state index in [0.717, 1.165) is 31.9 Å². The van der Waals surface area contributed by atoms with Crippen LogP contribution in [-0.2, 0) is 6.54 Å².